The molecule has 0 aromatic rings. The van der Waals surface area contributed by atoms with Gasteiger partial charge in [0.05, 0.1) is 12.8 Å². The zero-order chi connectivity index (χ0) is 10.1. The molecule has 0 saturated carbocycles. The number of hydrogen-bond donors (Lipinski definition) is 0. The van der Waals surface area contributed by atoms with Crippen LogP contribution in [0.25, 0.3) is 0 Å². The van der Waals surface area contributed by atoms with E-state index in [9.17, 15) is 9.59 Å². The Balaban J connectivity index is 3.33. The number of carbonyl (C=O) groups excluding carboxylic acids is 2. The SMILES string of the molecule is O=C(CCBr)OCOC(=O)CCBr. The van der Waals surface area contributed by atoms with Gasteiger partial charge in [-0.1, -0.05) is 31.9 Å². The topological polar surface area (TPSA) is 52.6 Å². The minimum Gasteiger partial charge on any atom is -0.428 e. The molecule has 0 N–H and O–H groups in total. The van der Waals surface area contributed by atoms with Crippen LogP contribution in [-0.2, 0) is 19.1 Å². The smallest absolute Gasteiger partial charge is 0.309 e. The van der Waals surface area contributed by atoms with E-state index in [1.54, 1.807) is 0 Å². The van der Waals surface area contributed by atoms with Gasteiger partial charge in [0, 0.05) is 10.7 Å². The second-order valence-electron chi connectivity index (χ2n) is 2.03. The highest BCUT2D eigenvalue weighted by molar-refractivity contribution is 9.09. The molecule has 0 heterocycles. The van der Waals surface area contributed by atoms with E-state index in [2.05, 4.69) is 41.3 Å². The predicted octanol–water partition coefficient (Wildman–Crippen LogP) is 1.60. The first kappa shape index (κ1) is 12.9. The largest absolute Gasteiger partial charge is 0.428 e. The summed E-state index contributed by atoms with van der Waals surface area (Å²) in [6.07, 6.45) is 0.548. The average Bonchev–Trinajstić information content (AvgIpc) is 2.05. The molecular weight excluding hydrogens is 308 g/mol. The summed E-state index contributed by atoms with van der Waals surface area (Å²) < 4.78 is 9.14. The Kier molecular flexibility index (Phi) is 8.43. The summed E-state index contributed by atoms with van der Waals surface area (Å²) in [5.41, 5.74) is 0. The molecule has 0 rings (SSSR count). The lowest BCUT2D eigenvalue weighted by Crippen LogP contribution is -2.12. The molecule has 13 heavy (non-hydrogen) atoms. The van der Waals surface area contributed by atoms with Crippen molar-refractivity contribution in [3.63, 3.8) is 0 Å². The summed E-state index contributed by atoms with van der Waals surface area (Å²) in [5.74, 6) is -0.771. The van der Waals surface area contributed by atoms with Gasteiger partial charge < -0.3 is 9.47 Å². The summed E-state index contributed by atoms with van der Waals surface area (Å²) in [6.45, 7) is -0.294. The molecule has 0 aromatic heterocycles. The van der Waals surface area contributed by atoms with Crippen LogP contribution >= 0.6 is 31.9 Å². The fourth-order valence-electron chi connectivity index (χ4n) is 0.460. The van der Waals surface area contributed by atoms with Crippen LogP contribution in [0.2, 0.25) is 0 Å². The molecule has 0 aromatic carbocycles. The number of alkyl halides is 2. The molecule has 0 spiro atoms. The molecule has 6 heteroatoms. The van der Waals surface area contributed by atoms with Gasteiger partial charge in [-0.3, -0.25) is 9.59 Å². The maximum atomic E-state index is 10.7. The van der Waals surface area contributed by atoms with E-state index < -0.39 is 0 Å². The van der Waals surface area contributed by atoms with Gasteiger partial charge in [0.1, 0.15) is 0 Å². The van der Waals surface area contributed by atoms with Gasteiger partial charge in [0.15, 0.2) is 0 Å². The van der Waals surface area contributed by atoms with E-state index in [0.29, 0.717) is 10.7 Å². The first-order chi connectivity index (χ1) is 6.20. The summed E-state index contributed by atoms with van der Waals surface area (Å²) in [6, 6.07) is 0. The van der Waals surface area contributed by atoms with E-state index in [1.165, 1.54) is 0 Å². The Morgan fingerprint density at radius 3 is 1.62 bits per heavy atom. The van der Waals surface area contributed by atoms with Crippen molar-refractivity contribution in [2.24, 2.45) is 0 Å². The zero-order valence-corrected chi connectivity index (χ0v) is 10.1. The van der Waals surface area contributed by atoms with Crippen LogP contribution < -0.4 is 0 Å². The molecule has 0 aliphatic rings. The van der Waals surface area contributed by atoms with Crippen molar-refractivity contribution < 1.29 is 19.1 Å². The molecule has 0 saturated heterocycles. The normalized spacial score (nSPS) is 9.38. The van der Waals surface area contributed by atoms with Gasteiger partial charge in [0.2, 0.25) is 6.79 Å². The number of esters is 2. The van der Waals surface area contributed by atoms with Crippen molar-refractivity contribution >= 4 is 43.8 Å². The third kappa shape index (κ3) is 8.24. The number of ether oxygens (including phenoxy) is 2. The van der Waals surface area contributed by atoms with Crippen molar-refractivity contribution in [3.05, 3.63) is 0 Å². The second kappa shape index (κ2) is 8.50. The third-order valence-electron chi connectivity index (χ3n) is 1.04. The highest BCUT2D eigenvalue weighted by Gasteiger charge is 2.04. The summed E-state index contributed by atoms with van der Waals surface area (Å²) in [7, 11) is 0. The molecule has 0 radical (unpaired) electrons. The number of halogens is 2. The summed E-state index contributed by atoms with van der Waals surface area (Å²) in [5, 5.41) is 1.09. The lowest BCUT2D eigenvalue weighted by atomic mass is 10.5. The second-order valence-corrected chi connectivity index (χ2v) is 3.61. The van der Waals surface area contributed by atoms with Crippen LogP contribution in [0, 0.1) is 0 Å². The third-order valence-corrected chi connectivity index (χ3v) is 1.83. The predicted molar refractivity (Wildman–Crippen MR) is 53.9 cm³/mol. The maximum Gasteiger partial charge on any atom is 0.309 e. The molecule has 0 atom stereocenters. The lowest BCUT2D eigenvalue weighted by molar-refractivity contribution is -0.166. The highest BCUT2D eigenvalue weighted by Crippen LogP contribution is 1.94. The lowest BCUT2D eigenvalue weighted by Gasteiger charge is -2.04. The van der Waals surface area contributed by atoms with Gasteiger partial charge in [0.25, 0.3) is 0 Å². The zero-order valence-electron chi connectivity index (χ0n) is 6.92. The van der Waals surface area contributed by atoms with Crippen molar-refractivity contribution in [3.8, 4) is 0 Å². The van der Waals surface area contributed by atoms with Crippen LogP contribution in [0.4, 0.5) is 0 Å². The number of hydrogen-bond acceptors (Lipinski definition) is 4. The first-order valence-electron chi connectivity index (χ1n) is 3.64. The minimum atomic E-state index is -0.386. The fraction of sp³-hybridized carbons (Fsp3) is 0.714. The Bertz CT molecular complexity index is 154. The summed E-state index contributed by atoms with van der Waals surface area (Å²) in [4.78, 5) is 21.5. The van der Waals surface area contributed by atoms with Crippen molar-refractivity contribution in [2.45, 2.75) is 12.8 Å². The molecule has 0 amide bonds. The number of rotatable bonds is 6. The van der Waals surface area contributed by atoms with E-state index in [4.69, 9.17) is 0 Å². The van der Waals surface area contributed by atoms with Crippen molar-refractivity contribution in [2.75, 3.05) is 17.5 Å². The van der Waals surface area contributed by atoms with Crippen molar-refractivity contribution in [1.82, 2.24) is 0 Å². The number of carbonyl (C=O) groups is 2. The Morgan fingerprint density at radius 2 is 1.31 bits per heavy atom. The highest BCUT2D eigenvalue weighted by atomic mass is 79.9. The van der Waals surface area contributed by atoms with Gasteiger partial charge in [-0.25, -0.2) is 0 Å². The summed E-state index contributed by atoms with van der Waals surface area (Å²) >= 11 is 6.16. The van der Waals surface area contributed by atoms with Gasteiger partial charge in [-0.05, 0) is 0 Å². The van der Waals surface area contributed by atoms with Crippen LogP contribution in [-0.4, -0.2) is 29.4 Å². The van der Waals surface area contributed by atoms with Crippen LogP contribution in [0.15, 0.2) is 0 Å². The monoisotopic (exact) mass is 316 g/mol. The first-order valence-corrected chi connectivity index (χ1v) is 5.88. The van der Waals surface area contributed by atoms with E-state index in [-0.39, 0.29) is 31.6 Å². The van der Waals surface area contributed by atoms with E-state index in [1.807, 2.05) is 0 Å². The molecule has 0 fully saturated rings. The standard InChI is InChI=1S/C7H10Br2O4/c8-3-1-6(10)12-5-13-7(11)2-4-9/h1-5H2. The molecule has 0 bridgehead atoms. The Labute approximate surface area is 93.2 Å². The van der Waals surface area contributed by atoms with Gasteiger partial charge >= 0.3 is 11.9 Å². The Hall–Kier alpha value is -0.100. The maximum absolute atomic E-state index is 10.7. The molecule has 0 aliphatic carbocycles. The van der Waals surface area contributed by atoms with E-state index in [0.717, 1.165) is 0 Å². The minimum absolute atomic E-state index is 0.274. The molecule has 0 unspecified atom stereocenters. The molecule has 0 aliphatic heterocycles. The molecule has 76 valence electrons. The van der Waals surface area contributed by atoms with Crippen LogP contribution in [0.3, 0.4) is 0 Å². The fourth-order valence-corrected chi connectivity index (χ4v) is 1.11. The van der Waals surface area contributed by atoms with Crippen LogP contribution in [0.5, 0.6) is 0 Å². The quantitative estimate of drug-likeness (QED) is 0.424. The molecular formula is C7H10Br2O4. The van der Waals surface area contributed by atoms with Gasteiger partial charge in [-0.15, -0.1) is 0 Å². The van der Waals surface area contributed by atoms with Gasteiger partial charge in [-0.2, -0.15) is 0 Å². The van der Waals surface area contributed by atoms with Crippen molar-refractivity contribution in [1.29, 1.82) is 0 Å². The average molecular weight is 318 g/mol. The van der Waals surface area contributed by atoms with Crippen LogP contribution in [0.1, 0.15) is 12.8 Å². The Morgan fingerprint density at radius 1 is 0.923 bits per heavy atom. The molecule has 4 nitrogen and oxygen atoms in total. The van der Waals surface area contributed by atoms with E-state index >= 15 is 0 Å².